The van der Waals surface area contributed by atoms with Gasteiger partial charge in [-0.3, -0.25) is 4.79 Å². The molecule has 0 saturated heterocycles. The lowest BCUT2D eigenvalue weighted by molar-refractivity contribution is -0.122. The molecule has 112 valence electrons. The van der Waals surface area contributed by atoms with E-state index in [0.717, 1.165) is 24.3 Å². The lowest BCUT2D eigenvalue weighted by atomic mass is 10.0. The number of amides is 1. The minimum atomic E-state index is -3.85. The third kappa shape index (κ3) is 4.57. The van der Waals surface area contributed by atoms with E-state index in [1.807, 2.05) is 13.8 Å². The van der Waals surface area contributed by atoms with Gasteiger partial charge in [0.05, 0.1) is 4.90 Å². The number of halogens is 1. The van der Waals surface area contributed by atoms with Crippen molar-refractivity contribution in [3.63, 3.8) is 0 Å². The largest absolute Gasteiger partial charge is 0.358 e. The second kappa shape index (κ2) is 6.81. The molecule has 1 rings (SSSR count). The van der Waals surface area contributed by atoms with Gasteiger partial charge >= 0.3 is 0 Å². The molecule has 20 heavy (non-hydrogen) atoms. The van der Waals surface area contributed by atoms with Gasteiger partial charge in [0.2, 0.25) is 15.9 Å². The van der Waals surface area contributed by atoms with Crippen molar-refractivity contribution in [3.05, 3.63) is 30.1 Å². The molecule has 0 radical (unpaired) electrons. The maximum atomic E-state index is 12.8. The van der Waals surface area contributed by atoms with E-state index in [9.17, 15) is 17.6 Å². The summed E-state index contributed by atoms with van der Waals surface area (Å²) >= 11 is 0. The van der Waals surface area contributed by atoms with Crippen molar-refractivity contribution in [1.82, 2.24) is 10.0 Å². The molecule has 0 aliphatic carbocycles. The zero-order valence-electron chi connectivity index (χ0n) is 11.7. The lowest BCUT2D eigenvalue weighted by Gasteiger charge is -2.19. The Balaban J connectivity index is 2.96. The molecule has 0 aromatic heterocycles. The first-order valence-corrected chi connectivity index (χ1v) is 7.74. The van der Waals surface area contributed by atoms with Crippen molar-refractivity contribution in [3.8, 4) is 0 Å². The summed E-state index contributed by atoms with van der Waals surface area (Å²) in [5.74, 6) is -0.772. The Morgan fingerprint density at radius 1 is 1.25 bits per heavy atom. The van der Waals surface area contributed by atoms with E-state index < -0.39 is 27.8 Å². The van der Waals surface area contributed by atoms with Crippen LogP contribution >= 0.6 is 0 Å². The number of hydrogen-bond donors (Lipinski definition) is 2. The summed E-state index contributed by atoms with van der Waals surface area (Å²) in [6.45, 7) is 3.78. The molecule has 1 amide bonds. The Kier molecular flexibility index (Phi) is 5.64. The number of sulfonamides is 1. The number of hydrogen-bond acceptors (Lipinski definition) is 3. The molecule has 1 atom stereocenters. The molecule has 0 bridgehead atoms. The van der Waals surface area contributed by atoms with Gasteiger partial charge < -0.3 is 5.32 Å². The minimum Gasteiger partial charge on any atom is -0.358 e. The normalized spacial score (nSPS) is 13.2. The highest BCUT2D eigenvalue weighted by Crippen LogP contribution is 2.13. The number of carbonyl (C=O) groups is 1. The molecule has 0 fully saturated rings. The zero-order chi connectivity index (χ0) is 15.3. The molecule has 7 heteroatoms. The molecule has 5 nitrogen and oxygen atoms in total. The van der Waals surface area contributed by atoms with E-state index in [-0.39, 0.29) is 10.8 Å². The molecular weight excluding hydrogens is 283 g/mol. The standard InChI is InChI=1S/C13H19FN2O3S/c1-9(2)8-12(13(17)15-3)16-20(18,19)11-6-4-10(14)5-7-11/h4-7,9,12,16H,8H2,1-3H3,(H,15,17)/t12-/m0/s1. The highest BCUT2D eigenvalue weighted by atomic mass is 32.2. The summed E-state index contributed by atoms with van der Waals surface area (Å²) < 4.78 is 39.4. The van der Waals surface area contributed by atoms with Gasteiger partial charge in [-0.2, -0.15) is 4.72 Å². The number of carbonyl (C=O) groups excluding carboxylic acids is 1. The Hall–Kier alpha value is -1.47. The first-order valence-electron chi connectivity index (χ1n) is 6.25. The van der Waals surface area contributed by atoms with E-state index in [1.54, 1.807) is 0 Å². The summed E-state index contributed by atoms with van der Waals surface area (Å²) in [5.41, 5.74) is 0. The van der Waals surface area contributed by atoms with Gasteiger partial charge in [-0.25, -0.2) is 12.8 Å². The van der Waals surface area contributed by atoms with Crippen molar-refractivity contribution in [2.24, 2.45) is 5.92 Å². The second-order valence-corrected chi connectivity index (χ2v) is 6.59. The average Bonchev–Trinajstić information content (AvgIpc) is 2.36. The third-order valence-corrected chi connectivity index (χ3v) is 4.18. The van der Waals surface area contributed by atoms with Gasteiger partial charge in [0, 0.05) is 7.05 Å². The van der Waals surface area contributed by atoms with Gasteiger partial charge in [-0.1, -0.05) is 13.8 Å². The molecule has 0 unspecified atom stereocenters. The van der Waals surface area contributed by atoms with Crippen LogP contribution < -0.4 is 10.0 Å². The zero-order valence-corrected chi connectivity index (χ0v) is 12.5. The number of nitrogens with one attached hydrogen (secondary N) is 2. The fraction of sp³-hybridized carbons (Fsp3) is 0.462. The van der Waals surface area contributed by atoms with Crippen molar-refractivity contribution in [2.45, 2.75) is 31.2 Å². The first-order chi connectivity index (χ1) is 9.26. The summed E-state index contributed by atoms with van der Waals surface area (Å²) in [7, 11) is -2.41. The van der Waals surface area contributed by atoms with Crippen LogP contribution in [0, 0.1) is 11.7 Å². The van der Waals surface area contributed by atoms with Crippen LogP contribution in [0.5, 0.6) is 0 Å². The molecule has 1 aromatic rings. The minimum absolute atomic E-state index is 0.0726. The van der Waals surface area contributed by atoms with Crippen LogP contribution in [0.1, 0.15) is 20.3 Å². The Morgan fingerprint density at radius 2 is 1.80 bits per heavy atom. The number of benzene rings is 1. The smallest absolute Gasteiger partial charge is 0.241 e. The first kappa shape index (κ1) is 16.6. The van der Waals surface area contributed by atoms with Crippen LogP contribution in [-0.4, -0.2) is 27.4 Å². The summed E-state index contributed by atoms with van der Waals surface area (Å²) in [6, 6.07) is 3.59. The number of likely N-dealkylation sites (N-methyl/N-ethyl adjacent to an activating group) is 1. The van der Waals surface area contributed by atoms with Crippen LogP contribution in [0.2, 0.25) is 0 Å². The maximum Gasteiger partial charge on any atom is 0.241 e. The van der Waals surface area contributed by atoms with E-state index in [1.165, 1.54) is 7.05 Å². The van der Waals surface area contributed by atoms with Gasteiger partial charge in [-0.05, 0) is 36.6 Å². The van der Waals surface area contributed by atoms with E-state index in [4.69, 9.17) is 0 Å². The van der Waals surface area contributed by atoms with E-state index >= 15 is 0 Å². The highest BCUT2D eigenvalue weighted by Gasteiger charge is 2.25. The van der Waals surface area contributed by atoms with Gasteiger partial charge in [0.25, 0.3) is 0 Å². The molecule has 0 heterocycles. The summed E-state index contributed by atoms with van der Waals surface area (Å²) in [4.78, 5) is 11.6. The second-order valence-electron chi connectivity index (χ2n) is 4.87. The summed E-state index contributed by atoms with van der Waals surface area (Å²) in [6.07, 6.45) is 0.375. The van der Waals surface area contributed by atoms with Crippen LogP contribution in [0.25, 0.3) is 0 Å². The van der Waals surface area contributed by atoms with Crippen molar-refractivity contribution in [2.75, 3.05) is 7.05 Å². The predicted molar refractivity (Wildman–Crippen MR) is 74.0 cm³/mol. The highest BCUT2D eigenvalue weighted by molar-refractivity contribution is 7.89. The molecule has 0 spiro atoms. The van der Waals surface area contributed by atoms with Crippen LogP contribution in [-0.2, 0) is 14.8 Å². The average molecular weight is 302 g/mol. The van der Waals surface area contributed by atoms with Crippen LogP contribution in [0.15, 0.2) is 29.2 Å². The molecule has 1 aromatic carbocycles. The Morgan fingerprint density at radius 3 is 2.25 bits per heavy atom. The quantitative estimate of drug-likeness (QED) is 0.831. The van der Waals surface area contributed by atoms with Crippen molar-refractivity contribution < 1.29 is 17.6 Å². The molecule has 2 N–H and O–H groups in total. The molecule has 0 aliphatic heterocycles. The van der Waals surface area contributed by atoms with E-state index in [0.29, 0.717) is 6.42 Å². The number of rotatable bonds is 6. The molecule has 0 saturated carbocycles. The van der Waals surface area contributed by atoms with Crippen LogP contribution in [0.3, 0.4) is 0 Å². The Bertz CT molecular complexity index is 555. The van der Waals surface area contributed by atoms with Crippen molar-refractivity contribution >= 4 is 15.9 Å². The van der Waals surface area contributed by atoms with Crippen molar-refractivity contribution in [1.29, 1.82) is 0 Å². The SMILES string of the molecule is CNC(=O)[C@H](CC(C)C)NS(=O)(=O)c1ccc(F)cc1. The Labute approximate surface area is 118 Å². The van der Waals surface area contributed by atoms with Gasteiger partial charge in [-0.15, -0.1) is 0 Å². The molecule has 0 aliphatic rings. The fourth-order valence-electron chi connectivity index (χ4n) is 1.72. The van der Waals surface area contributed by atoms with E-state index in [2.05, 4.69) is 10.0 Å². The maximum absolute atomic E-state index is 12.8. The van der Waals surface area contributed by atoms with Gasteiger partial charge in [0.15, 0.2) is 0 Å². The van der Waals surface area contributed by atoms with Crippen LogP contribution in [0.4, 0.5) is 4.39 Å². The third-order valence-electron chi connectivity index (χ3n) is 2.69. The fourth-order valence-corrected chi connectivity index (χ4v) is 2.93. The topological polar surface area (TPSA) is 75.3 Å². The summed E-state index contributed by atoms with van der Waals surface area (Å²) in [5, 5.41) is 2.43. The molecular formula is C13H19FN2O3S. The lowest BCUT2D eigenvalue weighted by Crippen LogP contribution is -2.46. The van der Waals surface area contributed by atoms with Gasteiger partial charge in [0.1, 0.15) is 11.9 Å². The monoisotopic (exact) mass is 302 g/mol. The predicted octanol–water partition coefficient (Wildman–Crippen LogP) is 1.26.